The highest BCUT2D eigenvalue weighted by atomic mass is 32.2. The molecule has 10 nitrogen and oxygen atoms in total. The molecule has 3 aromatic carbocycles. The molecule has 0 heterocycles. The van der Waals surface area contributed by atoms with Gasteiger partial charge in [-0.15, -0.1) is 0 Å². The standard InChI is InChI=1S/C28H30N4O6S/c1-17(2)16-32(3)27(34)19-11-14-22(24(15-19)28(35)38-39(4,36)37)21-7-5-6-8-23(21)26(33)31-20-12-9-18(10-13-20)25(29)30/h5-15,17H,16H2,1-4H3,(H3,29,30)(H,31,33). The minimum Gasteiger partial charge on any atom is -0.384 e. The first-order valence-electron chi connectivity index (χ1n) is 12.0. The number of amides is 2. The van der Waals surface area contributed by atoms with Crippen molar-refractivity contribution in [2.45, 2.75) is 13.8 Å². The van der Waals surface area contributed by atoms with Crippen molar-refractivity contribution in [2.75, 3.05) is 25.2 Å². The highest BCUT2D eigenvalue weighted by Crippen LogP contribution is 2.30. The molecule has 0 unspecified atom stereocenters. The first-order valence-corrected chi connectivity index (χ1v) is 13.8. The maximum Gasteiger partial charge on any atom is 0.354 e. The molecule has 0 fully saturated rings. The van der Waals surface area contributed by atoms with Gasteiger partial charge in [-0.1, -0.05) is 38.1 Å². The van der Waals surface area contributed by atoms with Gasteiger partial charge in [0, 0.05) is 36.0 Å². The topological polar surface area (TPSA) is 160 Å². The molecular weight excluding hydrogens is 520 g/mol. The van der Waals surface area contributed by atoms with Crippen molar-refractivity contribution in [3.8, 4) is 11.1 Å². The molecule has 0 atom stereocenters. The number of amidine groups is 1. The van der Waals surface area contributed by atoms with Gasteiger partial charge in [0.1, 0.15) is 5.84 Å². The molecule has 4 N–H and O–H groups in total. The molecule has 0 aromatic heterocycles. The molecule has 0 aliphatic carbocycles. The largest absolute Gasteiger partial charge is 0.384 e. The van der Waals surface area contributed by atoms with E-state index >= 15 is 0 Å². The molecule has 3 aromatic rings. The lowest BCUT2D eigenvalue weighted by molar-refractivity contribution is 0.0748. The van der Waals surface area contributed by atoms with Crippen LogP contribution in [0.2, 0.25) is 0 Å². The third-order valence-corrected chi connectivity index (χ3v) is 6.07. The summed E-state index contributed by atoms with van der Waals surface area (Å²) < 4.78 is 28.2. The lowest BCUT2D eigenvalue weighted by Crippen LogP contribution is -2.30. The third-order valence-electron chi connectivity index (χ3n) is 5.61. The lowest BCUT2D eigenvalue weighted by atomic mass is 9.93. The van der Waals surface area contributed by atoms with Crippen LogP contribution in [0, 0.1) is 11.3 Å². The predicted octanol–water partition coefficient (Wildman–Crippen LogP) is 3.73. The second-order valence-electron chi connectivity index (χ2n) is 9.41. The Labute approximate surface area is 227 Å². The van der Waals surface area contributed by atoms with Crippen LogP contribution in [-0.4, -0.2) is 56.8 Å². The summed E-state index contributed by atoms with van der Waals surface area (Å²) in [5.41, 5.74) is 7.13. The van der Waals surface area contributed by atoms with Gasteiger partial charge in [-0.2, -0.15) is 8.42 Å². The Kier molecular flexibility index (Phi) is 8.87. The number of nitrogens with zero attached hydrogens (tertiary/aromatic N) is 1. The van der Waals surface area contributed by atoms with Crippen LogP contribution in [0.5, 0.6) is 0 Å². The van der Waals surface area contributed by atoms with Gasteiger partial charge < -0.3 is 20.1 Å². The van der Waals surface area contributed by atoms with E-state index in [1.807, 2.05) is 13.8 Å². The van der Waals surface area contributed by atoms with E-state index in [9.17, 15) is 22.8 Å². The van der Waals surface area contributed by atoms with Gasteiger partial charge in [-0.3, -0.25) is 15.0 Å². The molecule has 0 aliphatic rings. The Morgan fingerprint density at radius 2 is 1.54 bits per heavy atom. The maximum absolute atomic E-state index is 13.3. The monoisotopic (exact) mass is 550 g/mol. The molecule has 0 bridgehead atoms. The molecule has 0 radical (unpaired) electrons. The zero-order valence-electron chi connectivity index (χ0n) is 22.0. The molecule has 0 aliphatic heterocycles. The highest BCUT2D eigenvalue weighted by molar-refractivity contribution is 7.86. The Bertz CT molecular complexity index is 1530. The van der Waals surface area contributed by atoms with Crippen molar-refractivity contribution in [3.63, 3.8) is 0 Å². The fraction of sp³-hybridized carbons (Fsp3) is 0.214. The predicted molar refractivity (Wildman–Crippen MR) is 149 cm³/mol. The first-order chi connectivity index (χ1) is 18.3. The number of hydrogen-bond donors (Lipinski definition) is 3. The summed E-state index contributed by atoms with van der Waals surface area (Å²) in [4.78, 5) is 40.7. The normalized spacial score (nSPS) is 11.1. The van der Waals surface area contributed by atoms with Gasteiger partial charge in [-0.25, -0.2) is 4.79 Å². The van der Waals surface area contributed by atoms with Crippen LogP contribution < -0.4 is 11.1 Å². The van der Waals surface area contributed by atoms with E-state index in [1.54, 1.807) is 55.6 Å². The first kappa shape index (κ1) is 29.1. The minimum absolute atomic E-state index is 0.107. The van der Waals surface area contributed by atoms with Crippen LogP contribution in [-0.2, 0) is 14.3 Å². The summed E-state index contributed by atoms with van der Waals surface area (Å²) in [5, 5.41) is 10.3. The van der Waals surface area contributed by atoms with E-state index in [0.29, 0.717) is 23.4 Å². The summed E-state index contributed by atoms with van der Waals surface area (Å²) in [6.45, 7) is 4.39. The maximum atomic E-state index is 13.3. The Hall–Kier alpha value is -4.51. The van der Waals surface area contributed by atoms with Gasteiger partial charge in [0.05, 0.1) is 11.8 Å². The minimum atomic E-state index is -4.16. The van der Waals surface area contributed by atoms with Crippen molar-refractivity contribution in [2.24, 2.45) is 11.7 Å². The van der Waals surface area contributed by atoms with Crippen LogP contribution in [0.15, 0.2) is 66.7 Å². The Morgan fingerprint density at radius 3 is 2.13 bits per heavy atom. The van der Waals surface area contributed by atoms with Crippen LogP contribution in [0.3, 0.4) is 0 Å². The van der Waals surface area contributed by atoms with Crippen molar-refractivity contribution in [3.05, 3.63) is 89.0 Å². The fourth-order valence-electron chi connectivity index (χ4n) is 3.96. The molecule has 204 valence electrons. The number of nitrogen functional groups attached to an aromatic ring is 1. The average Bonchev–Trinajstić information content (AvgIpc) is 2.86. The summed E-state index contributed by atoms with van der Waals surface area (Å²) in [7, 11) is -2.53. The number of nitrogens with two attached hydrogens (primary N) is 1. The number of hydrogen-bond acceptors (Lipinski definition) is 7. The van der Waals surface area contributed by atoms with Gasteiger partial charge in [-0.05, 0) is 59.5 Å². The summed E-state index contributed by atoms with van der Waals surface area (Å²) in [6.07, 6.45) is 0.745. The summed E-state index contributed by atoms with van der Waals surface area (Å²) in [5.74, 6) is -1.94. The lowest BCUT2D eigenvalue weighted by Gasteiger charge is -2.20. The van der Waals surface area contributed by atoms with E-state index in [-0.39, 0.29) is 39.9 Å². The van der Waals surface area contributed by atoms with Gasteiger partial charge in [0.25, 0.3) is 11.8 Å². The molecule has 0 spiro atoms. The summed E-state index contributed by atoms with van der Waals surface area (Å²) in [6, 6.07) is 17.1. The van der Waals surface area contributed by atoms with E-state index in [1.165, 1.54) is 23.1 Å². The van der Waals surface area contributed by atoms with E-state index in [0.717, 1.165) is 6.26 Å². The SMILES string of the molecule is CC(C)CN(C)C(=O)c1ccc(-c2ccccc2C(=O)Nc2ccc(C(=N)N)cc2)c(C(=O)OS(C)(=O)=O)c1. The van der Waals surface area contributed by atoms with Crippen molar-refractivity contribution >= 4 is 39.4 Å². The Morgan fingerprint density at radius 1 is 0.949 bits per heavy atom. The summed E-state index contributed by atoms with van der Waals surface area (Å²) >= 11 is 0. The average molecular weight is 551 g/mol. The quantitative estimate of drug-likeness (QED) is 0.208. The molecule has 2 amide bonds. The smallest absolute Gasteiger partial charge is 0.354 e. The zero-order chi connectivity index (χ0) is 28.9. The van der Waals surface area contributed by atoms with Crippen LogP contribution in [0.25, 0.3) is 11.1 Å². The highest BCUT2D eigenvalue weighted by Gasteiger charge is 2.24. The molecular formula is C28H30N4O6S. The third kappa shape index (κ3) is 7.51. The van der Waals surface area contributed by atoms with E-state index < -0.39 is 22.0 Å². The fourth-order valence-corrected chi connectivity index (χ4v) is 4.33. The van der Waals surface area contributed by atoms with E-state index in [2.05, 4.69) is 9.50 Å². The van der Waals surface area contributed by atoms with Crippen molar-refractivity contribution in [1.29, 1.82) is 5.41 Å². The van der Waals surface area contributed by atoms with Crippen molar-refractivity contribution in [1.82, 2.24) is 4.90 Å². The van der Waals surface area contributed by atoms with E-state index in [4.69, 9.17) is 11.1 Å². The number of carbonyl (C=O) groups is 3. The second-order valence-corrected chi connectivity index (χ2v) is 11.0. The number of rotatable bonds is 9. The molecule has 39 heavy (non-hydrogen) atoms. The molecule has 0 saturated heterocycles. The molecule has 3 rings (SSSR count). The number of nitrogens with one attached hydrogen (secondary N) is 2. The van der Waals surface area contributed by atoms with Crippen LogP contribution in [0.4, 0.5) is 5.69 Å². The zero-order valence-corrected chi connectivity index (χ0v) is 22.8. The molecule has 0 saturated carbocycles. The van der Waals surface area contributed by atoms with Gasteiger partial charge in [0.2, 0.25) is 0 Å². The number of anilines is 1. The number of carbonyl (C=O) groups excluding carboxylic acids is 3. The van der Waals surface area contributed by atoms with Gasteiger partial charge in [0.15, 0.2) is 0 Å². The van der Waals surface area contributed by atoms with Gasteiger partial charge >= 0.3 is 16.1 Å². The van der Waals surface area contributed by atoms with Crippen LogP contribution in [0.1, 0.15) is 50.5 Å². The van der Waals surface area contributed by atoms with Crippen LogP contribution >= 0.6 is 0 Å². The molecule has 11 heteroatoms. The number of benzene rings is 3. The second kappa shape index (κ2) is 11.9. The Balaban J connectivity index is 2.07. The van der Waals surface area contributed by atoms with Crippen molar-refractivity contribution < 1.29 is 27.0 Å².